The Balaban J connectivity index is 2.52. The molecule has 1 aromatic carbocycles. The number of alkyl halides is 3. The van der Waals surface area contributed by atoms with E-state index < -0.39 is 11.7 Å². The van der Waals surface area contributed by atoms with Crippen LogP contribution in [0.3, 0.4) is 0 Å². The second-order valence-corrected chi connectivity index (χ2v) is 4.20. The summed E-state index contributed by atoms with van der Waals surface area (Å²) in [5.74, 6) is 0. The number of aryl methyl sites for hydroxylation is 1. The zero-order valence-electron chi connectivity index (χ0n) is 9.38. The van der Waals surface area contributed by atoms with Crippen molar-refractivity contribution < 1.29 is 13.2 Å². The van der Waals surface area contributed by atoms with Gasteiger partial charge in [-0.25, -0.2) is 4.98 Å². The molecule has 0 atom stereocenters. The minimum Gasteiger partial charge on any atom is -0.330 e. The molecule has 2 nitrogen and oxygen atoms in total. The van der Waals surface area contributed by atoms with Crippen molar-refractivity contribution in [1.82, 2.24) is 9.97 Å². The van der Waals surface area contributed by atoms with E-state index in [9.17, 15) is 13.2 Å². The quantitative estimate of drug-likeness (QED) is 0.789. The summed E-state index contributed by atoms with van der Waals surface area (Å²) in [5.41, 5.74) is 1.20. The Morgan fingerprint density at radius 2 is 1.94 bits per heavy atom. The van der Waals surface area contributed by atoms with Crippen molar-refractivity contribution in [1.29, 1.82) is 0 Å². The van der Waals surface area contributed by atoms with Gasteiger partial charge in [0, 0.05) is 17.5 Å². The van der Waals surface area contributed by atoms with Gasteiger partial charge in [0.15, 0.2) is 4.77 Å². The number of nitrogens with zero attached hydrogens (tertiary/aromatic N) is 1. The first-order valence-electron chi connectivity index (χ1n) is 5.11. The van der Waals surface area contributed by atoms with Crippen LogP contribution in [0.5, 0.6) is 0 Å². The molecular formula is C12H9F3N2S. The van der Waals surface area contributed by atoms with Crippen molar-refractivity contribution in [3.8, 4) is 11.3 Å². The predicted octanol–water partition coefficient (Wildman–Crippen LogP) is 4.13. The van der Waals surface area contributed by atoms with E-state index in [2.05, 4.69) is 9.97 Å². The average Bonchev–Trinajstić information content (AvgIpc) is 2.27. The van der Waals surface area contributed by atoms with Crippen molar-refractivity contribution in [2.75, 3.05) is 0 Å². The molecule has 6 heteroatoms. The summed E-state index contributed by atoms with van der Waals surface area (Å²) in [6, 6.07) is 5.27. The van der Waals surface area contributed by atoms with Crippen LogP contribution in [0.15, 0.2) is 30.5 Å². The van der Waals surface area contributed by atoms with E-state index in [1.165, 1.54) is 12.3 Å². The summed E-state index contributed by atoms with van der Waals surface area (Å²) < 4.78 is 37.9. The molecule has 1 N–H and O–H groups in total. The fourth-order valence-electron chi connectivity index (χ4n) is 1.67. The van der Waals surface area contributed by atoms with Gasteiger partial charge in [0.1, 0.15) is 0 Å². The Morgan fingerprint density at radius 3 is 2.50 bits per heavy atom. The van der Waals surface area contributed by atoms with Crippen LogP contribution >= 0.6 is 12.2 Å². The lowest BCUT2D eigenvalue weighted by atomic mass is 10.0. The third kappa shape index (κ3) is 2.59. The molecule has 0 aliphatic rings. The van der Waals surface area contributed by atoms with Crippen LogP contribution in [0.25, 0.3) is 11.3 Å². The van der Waals surface area contributed by atoms with E-state index in [-0.39, 0.29) is 0 Å². The molecule has 2 aromatic rings. The number of hydrogen-bond acceptors (Lipinski definition) is 2. The van der Waals surface area contributed by atoms with E-state index in [0.29, 0.717) is 21.6 Å². The summed E-state index contributed by atoms with van der Waals surface area (Å²) in [6.45, 7) is 1.63. The fraction of sp³-hybridized carbons (Fsp3) is 0.167. The summed E-state index contributed by atoms with van der Waals surface area (Å²) in [4.78, 5) is 6.68. The lowest BCUT2D eigenvalue weighted by molar-refractivity contribution is -0.137. The van der Waals surface area contributed by atoms with Crippen LogP contribution in [-0.4, -0.2) is 9.97 Å². The molecule has 0 saturated carbocycles. The highest BCUT2D eigenvalue weighted by Crippen LogP contribution is 2.32. The van der Waals surface area contributed by atoms with Crippen LogP contribution in [0.2, 0.25) is 0 Å². The summed E-state index contributed by atoms with van der Waals surface area (Å²) in [5, 5.41) is 0. The van der Waals surface area contributed by atoms with Crippen LogP contribution in [0.4, 0.5) is 13.2 Å². The van der Waals surface area contributed by atoms with Gasteiger partial charge in [-0.3, -0.25) is 0 Å². The molecule has 0 unspecified atom stereocenters. The summed E-state index contributed by atoms with van der Waals surface area (Å²) in [7, 11) is 0. The third-order valence-corrected chi connectivity index (χ3v) is 2.73. The summed E-state index contributed by atoms with van der Waals surface area (Å²) >= 11 is 4.88. The number of halogens is 3. The Kier molecular flexibility index (Phi) is 3.21. The minimum absolute atomic E-state index is 0.298. The molecule has 2 rings (SSSR count). The lowest BCUT2D eigenvalue weighted by Gasteiger charge is -2.11. The Morgan fingerprint density at radius 1 is 1.22 bits per heavy atom. The Hall–Kier alpha value is -1.69. The normalized spacial score (nSPS) is 11.6. The van der Waals surface area contributed by atoms with Gasteiger partial charge in [-0.15, -0.1) is 0 Å². The van der Waals surface area contributed by atoms with E-state index in [1.807, 2.05) is 0 Å². The van der Waals surface area contributed by atoms with Gasteiger partial charge >= 0.3 is 6.18 Å². The van der Waals surface area contributed by atoms with E-state index in [0.717, 1.165) is 12.1 Å². The Bertz CT molecular complexity index is 632. The van der Waals surface area contributed by atoms with Gasteiger partial charge in [-0.1, -0.05) is 6.07 Å². The maximum absolute atomic E-state index is 12.5. The SMILES string of the molecule is Cc1cc(C(F)(F)F)ccc1-c1ccnc(=S)[nH]1. The second kappa shape index (κ2) is 4.53. The van der Waals surface area contributed by atoms with Crippen molar-refractivity contribution >= 4 is 12.2 Å². The number of hydrogen-bond donors (Lipinski definition) is 1. The van der Waals surface area contributed by atoms with Gasteiger partial charge < -0.3 is 4.98 Å². The molecule has 0 bridgehead atoms. The highest BCUT2D eigenvalue weighted by molar-refractivity contribution is 7.71. The third-order valence-electron chi connectivity index (χ3n) is 2.52. The van der Waals surface area contributed by atoms with E-state index >= 15 is 0 Å². The number of H-pyrrole nitrogens is 1. The zero-order valence-corrected chi connectivity index (χ0v) is 10.2. The number of benzene rings is 1. The topological polar surface area (TPSA) is 28.7 Å². The standard InChI is InChI=1S/C12H9F3N2S/c1-7-6-8(12(13,14)15)2-3-9(7)10-4-5-16-11(18)17-10/h2-6H,1H3,(H,16,17,18). The zero-order chi connectivity index (χ0) is 13.3. The number of nitrogens with one attached hydrogen (secondary N) is 1. The largest absolute Gasteiger partial charge is 0.416 e. The second-order valence-electron chi connectivity index (χ2n) is 3.82. The molecule has 0 saturated heterocycles. The van der Waals surface area contributed by atoms with Gasteiger partial charge in [0.25, 0.3) is 0 Å². The van der Waals surface area contributed by atoms with Crippen molar-refractivity contribution in [2.24, 2.45) is 0 Å². The van der Waals surface area contributed by atoms with E-state index in [1.54, 1.807) is 13.0 Å². The number of aromatic amines is 1. The molecule has 0 radical (unpaired) electrons. The first-order valence-corrected chi connectivity index (χ1v) is 5.52. The van der Waals surface area contributed by atoms with Crippen molar-refractivity contribution in [3.63, 3.8) is 0 Å². The molecule has 0 aliphatic carbocycles. The van der Waals surface area contributed by atoms with Gasteiger partial charge in [-0.2, -0.15) is 13.2 Å². The molecule has 1 aromatic heterocycles. The van der Waals surface area contributed by atoms with Gasteiger partial charge in [-0.05, 0) is 42.9 Å². The number of rotatable bonds is 1. The molecule has 0 amide bonds. The average molecular weight is 270 g/mol. The molecule has 0 fully saturated rings. The van der Waals surface area contributed by atoms with Crippen molar-refractivity contribution in [2.45, 2.75) is 13.1 Å². The van der Waals surface area contributed by atoms with Crippen LogP contribution in [0, 0.1) is 11.7 Å². The van der Waals surface area contributed by atoms with Crippen LogP contribution < -0.4 is 0 Å². The smallest absolute Gasteiger partial charge is 0.330 e. The predicted molar refractivity (Wildman–Crippen MR) is 64.6 cm³/mol. The first kappa shape index (κ1) is 12.8. The minimum atomic E-state index is -4.32. The lowest BCUT2D eigenvalue weighted by Crippen LogP contribution is -2.05. The highest BCUT2D eigenvalue weighted by atomic mass is 32.1. The fourth-order valence-corrected chi connectivity index (χ4v) is 1.84. The molecule has 0 spiro atoms. The summed E-state index contributed by atoms with van der Waals surface area (Å²) in [6.07, 6.45) is -2.81. The molecule has 94 valence electrons. The maximum Gasteiger partial charge on any atom is 0.416 e. The van der Waals surface area contributed by atoms with E-state index in [4.69, 9.17) is 12.2 Å². The highest BCUT2D eigenvalue weighted by Gasteiger charge is 2.30. The van der Waals surface area contributed by atoms with Crippen LogP contribution in [0.1, 0.15) is 11.1 Å². The van der Waals surface area contributed by atoms with Crippen LogP contribution in [-0.2, 0) is 6.18 Å². The Labute approximate surface area is 107 Å². The molecule has 1 heterocycles. The van der Waals surface area contributed by atoms with Gasteiger partial charge in [0.2, 0.25) is 0 Å². The molecule has 0 aliphatic heterocycles. The molecular weight excluding hydrogens is 261 g/mol. The number of aromatic nitrogens is 2. The van der Waals surface area contributed by atoms with Gasteiger partial charge in [0.05, 0.1) is 5.56 Å². The van der Waals surface area contributed by atoms with Crippen molar-refractivity contribution in [3.05, 3.63) is 46.4 Å². The maximum atomic E-state index is 12.5. The molecule has 18 heavy (non-hydrogen) atoms. The monoisotopic (exact) mass is 270 g/mol. The first-order chi connectivity index (χ1) is 8.38.